The van der Waals surface area contributed by atoms with Crippen molar-refractivity contribution in [3.05, 3.63) is 16.8 Å². The molecule has 1 aliphatic heterocycles. The zero-order valence-corrected chi connectivity index (χ0v) is 10.2. The first-order chi connectivity index (χ1) is 8.95. The number of anilines is 1. The van der Waals surface area contributed by atoms with Crippen molar-refractivity contribution in [3.63, 3.8) is 0 Å². The minimum absolute atomic E-state index is 0.0636. The molecule has 0 aromatic carbocycles. The Bertz CT molecular complexity index is 531. The number of nitrogens with zero attached hydrogens (tertiary/aromatic N) is 3. The predicted octanol–water partition coefficient (Wildman–Crippen LogP) is -1.74. The summed E-state index contributed by atoms with van der Waals surface area (Å²) in [6.07, 6.45) is -0.890. The quantitative estimate of drug-likeness (QED) is 0.619. The molecule has 1 aromatic heterocycles. The van der Waals surface area contributed by atoms with Gasteiger partial charge in [0.2, 0.25) is 5.95 Å². The van der Waals surface area contributed by atoms with E-state index in [4.69, 9.17) is 15.2 Å². The molecule has 0 amide bonds. The van der Waals surface area contributed by atoms with Crippen LogP contribution in [0.15, 0.2) is 11.1 Å². The zero-order valence-electron chi connectivity index (χ0n) is 10.2. The number of aliphatic hydroxyl groups excluding tert-OH is 1. The number of esters is 1. The first kappa shape index (κ1) is 13.4. The van der Waals surface area contributed by atoms with Crippen molar-refractivity contribution >= 4 is 11.9 Å². The molecule has 1 saturated heterocycles. The maximum atomic E-state index is 11.5. The second-order valence-electron chi connectivity index (χ2n) is 4.16. The van der Waals surface area contributed by atoms with Crippen molar-refractivity contribution in [2.24, 2.45) is 0 Å². The Labute approximate surface area is 108 Å². The minimum atomic E-state index is -1.03. The normalized spacial score (nSPS) is 26.3. The van der Waals surface area contributed by atoms with Crippen LogP contribution in [0.1, 0.15) is 13.3 Å². The molecule has 104 valence electrons. The Balaban J connectivity index is 2.12. The van der Waals surface area contributed by atoms with Crippen molar-refractivity contribution in [2.75, 3.05) is 5.73 Å². The van der Waals surface area contributed by atoms with E-state index in [0.717, 1.165) is 0 Å². The first-order valence-electron chi connectivity index (χ1n) is 5.65. The highest BCUT2D eigenvalue weighted by Gasteiger charge is 2.37. The number of hydrogen-bond acceptors (Lipinski definition) is 8. The maximum absolute atomic E-state index is 11.5. The number of ether oxygens (including phenoxy) is 2. The lowest BCUT2D eigenvalue weighted by molar-refractivity contribution is -0.150. The van der Waals surface area contributed by atoms with Gasteiger partial charge in [0.05, 0.1) is 6.54 Å². The van der Waals surface area contributed by atoms with Gasteiger partial charge in [-0.05, 0) is 0 Å². The average Bonchev–Trinajstić information content (AvgIpc) is 2.62. The highest BCUT2D eigenvalue weighted by Crippen LogP contribution is 2.22. The predicted molar refractivity (Wildman–Crippen MR) is 61.8 cm³/mol. The van der Waals surface area contributed by atoms with Crippen LogP contribution in [0.2, 0.25) is 0 Å². The standard InChI is InChI=1S/C10H14N4O5/c1-5(15)18-6-2-8(16)19-7(6)3-14-4-12-9(11)13-10(14)17/h4,6-8,16H,2-3H2,1H3,(H2,11,13,17)/t6?,7-,8?/m1/s1. The van der Waals surface area contributed by atoms with Gasteiger partial charge in [-0.15, -0.1) is 0 Å². The Morgan fingerprint density at radius 2 is 2.47 bits per heavy atom. The molecule has 0 aliphatic carbocycles. The van der Waals surface area contributed by atoms with E-state index in [-0.39, 0.29) is 18.9 Å². The molecule has 1 aromatic rings. The van der Waals surface area contributed by atoms with Crippen LogP contribution in [-0.2, 0) is 20.8 Å². The highest BCUT2D eigenvalue weighted by atomic mass is 16.6. The number of nitrogens with two attached hydrogens (primary N) is 1. The molecule has 0 bridgehead atoms. The number of nitrogen functional groups attached to an aromatic ring is 1. The fourth-order valence-corrected chi connectivity index (χ4v) is 1.88. The van der Waals surface area contributed by atoms with Gasteiger partial charge in [-0.3, -0.25) is 9.36 Å². The monoisotopic (exact) mass is 270 g/mol. The van der Waals surface area contributed by atoms with Gasteiger partial charge in [0.1, 0.15) is 18.5 Å². The van der Waals surface area contributed by atoms with Crippen molar-refractivity contribution in [1.82, 2.24) is 14.5 Å². The van der Waals surface area contributed by atoms with Gasteiger partial charge in [-0.1, -0.05) is 0 Å². The SMILES string of the molecule is CC(=O)OC1CC(O)O[C@@H]1Cn1cnc(N)nc1=O. The number of aliphatic hydroxyl groups is 1. The van der Waals surface area contributed by atoms with E-state index in [0.29, 0.717) is 0 Å². The third kappa shape index (κ3) is 3.26. The molecule has 2 heterocycles. The molecule has 3 N–H and O–H groups in total. The molecule has 0 spiro atoms. The molecular weight excluding hydrogens is 256 g/mol. The maximum Gasteiger partial charge on any atom is 0.352 e. The van der Waals surface area contributed by atoms with E-state index in [1.807, 2.05) is 0 Å². The third-order valence-corrected chi connectivity index (χ3v) is 2.66. The summed E-state index contributed by atoms with van der Waals surface area (Å²) in [6.45, 7) is 1.33. The lowest BCUT2D eigenvalue weighted by Crippen LogP contribution is -2.35. The molecule has 0 radical (unpaired) electrons. The number of carbonyl (C=O) groups is 1. The lowest BCUT2D eigenvalue weighted by atomic mass is 10.2. The second-order valence-corrected chi connectivity index (χ2v) is 4.16. The van der Waals surface area contributed by atoms with Crippen LogP contribution in [0, 0.1) is 0 Å². The fraction of sp³-hybridized carbons (Fsp3) is 0.600. The van der Waals surface area contributed by atoms with Crippen LogP contribution in [0.25, 0.3) is 0 Å². The lowest BCUT2D eigenvalue weighted by Gasteiger charge is -2.18. The third-order valence-electron chi connectivity index (χ3n) is 2.66. The van der Waals surface area contributed by atoms with E-state index >= 15 is 0 Å². The van der Waals surface area contributed by atoms with E-state index < -0.39 is 30.2 Å². The molecule has 1 fully saturated rings. The molecule has 9 nitrogen and oxygen atoms in total. The minimum Gasteiger partial charge on any atom is -0.460 e. The van der Waals surface area contributed by atoms with Crippen LogP contribution in [0.4, 0.5) is 5.95 Å². The van der Waals surface area contributed by atoms with E-state index in [2.05, 4.69) is 9.97 Å². The Morgan fingerprint density at radius 3 is 3.11 bits per heavy atom. The number of aromatic nitrogens is 3. The van der Waals surface area contributed by atoms with Gasteiger partial charge in [0.25, 0.3) is 0 Å². The smallest absolute Gasteiger partial charge is 0.352 e. The molecule has 19 heavy (non-hydrogen) atoms. The van der Waals surface area contributed by atoms with Gasteiger partial charge in [0, 0.05) is 13.3 Å². The molecule has 9 heteroatoms. The van der Waals surface area contributed by atoms with Crippen LogP contribution in [-0.4, -0.2) is 44.1 Å². The average molecular weight is 270 g/mol. The molecule has 2 unspecified atom stereocenters. The summed E-state index contributed by atoms with van der Waals surface area (Å²) in [7, 11) is 0. The highest BCUT2D eigenvalue weighted by molar-refractivity contribution is 5.66. The summed E-state index contributed by atoms with van der Waals surface area (Å²) in [6, 6.07) is 0. The Kier molecular flexibility index (Phi) is 3.76. The van der Waals surface area contributed by atoms with Gasteiger partial charge in [-0.2, -0.15) is 4.98 Å². The molecule has 3 atom stereocenters. The van der Waals surface area contributed by atoms with E-state index in [9.17, 15) is 14.7 Å². The largest absolute Gasteiger partial charge is 0.460 e. The summed E-state index contributed by atoms with van der Waals surface area (Å²) in [4.78, 5) is 29.7. The Morgan fingerprint density at radius 1 is 1.74 bits per heavy atom. The summed E-state index contributed by atoms with van der Waals surface area (Å²) in [5.74, 6) is -0.598. The molecule has 1 aliphatic rings. The zero-order chi connectivity index (χ0) is 14.0. The van der Waals surface area contributed by atoms with E-state index in [1.54, 1.807) is 0 Å². The van der Waals surface area contributed by atoms with Crippen molar-refractivity contribution in [3.8, 4) is 0 Å². The number of carbonyl (C=O) groups excluding carboxylic acids is 1. The van der Waals surface area contributed by atoms with Crippen molar-refractivity contribution in [2.45, 2.75) is 38.4 Å². The fourth-order valence-electron chi connectivity index (χ4n) is 1.88. The van der Waals surface area contributed by atoms with E-state index in [1.165, 1.54) is 17.8 Å². The van der Waals surface area contributed by atoms with Gasteiger partial charge in [-0.25, -0.2) is 9.78 Å². The Hall–Kier alpha value is -2.00. The summed E-state index contributed by atoms with van der Waals surface area (Å²) in [5.41, 5.74) is 4.69. The molecule has 0 saturated carbocycles. The summed E-state index contributed by atoms with van der Waals surface area (Å²) in [5, 5.41) is 9.42. The topological polar surface area (TPSA) is 130 Å². The number of rotatable bonds is 3. The molecule has 2 rings (SSSR count). The van der Waals surface area contributed by atoms with Crippen LogP contribution in [0.3, 0.4) is 0 Å². The van der Waals surface area contributed by atoms with Crippen LogP contribution >= 0.6 is 0 Å². The summed E-state index contributed by atoms with van der Waals surface area (Å²) >= 11 is 0. The first-order valence-corrected chi connectivity index (χ1v) is 5.65. The van der Waals surface area contributed by atoms with Gasteiger partial charge >= 0.3 is 11.7 Å². The summed E-state index contributed by atoms with van der Waals surface area (Å²) < 4.78 is 11.4. The van der Waals surface area contributed by atoms with Crippen molar-refractivity contribution < 1.29 is 19.4 Å². The van der Waals surface area contributed by atoms with Crippen molar-refractivity contribution in [1.29, 1.82) is 0 Å². The van der Waals surface area contributed by atoms with Gasteiger partial charge in [0.15, 0.2) is 6.29 Å². The second kappa shape index (κ2) is 5.33. The van der Waals surface area contributed by atoms with Gasteiger partial charge < -0.3 is 20.3 Å². The van der Waals surface area contributed by atoms with Crippen LogP contribution in [0.5, 0.6) is 0 Å². The number of hydrogen-bond donors (Lipinski definition) is 2. The molecular formula is C10H14N4O5. The van der Waals surface area contributed by atoms with Crippen LogP contribution < -0.4 is 11.4 Å².